The molecule has 0 atom stereocenters. The predicted octanol–water partition coefficient (Wildman–Crippen LogP) is 2.52. The molecule has 0 aliphatic heterocycles. The van der Waals surface area contributed by atoms with E-state index in [-0.39, 0.29) is 12.5 Å². The van der Waals surface area contributed by atoms with Gasteiger partial charge in [-0.25, -0.2) is 0 Å². The van der Waals surface area contributed by atoms with E-state index in [1.807, 2.05) is 38.1 Å². The molecule has 0 radical (unpaired) electrons. The van der Waals surface area contributed by atoms with Gasteiger partial charge < -0.3 is 10.4 Å². The lowest BCUT2D eigenvalue weighted by Crippen LogP contribution is -2.42. The summed E-state index contributed by atoms with van der Waals surface area (Å²) in [6.07, 6.45) is 2.85. The van der Waals surface area contributed by atoms with Gasteiger partial charge in [0.25, 0.3) is 5.91 Å². The van der Waals surface area contributed by atoms with Crippen LogP contribution in [0.5, 0.6) is 0 Å². The number of nitrogens with zero attached hydrogens (tertiary/aromatic N) is 1. The summed E-state index contributed by atoms with van der Waals surface area (Å²) in [6, 6.07) is 9.23. The summed E-state index contributed by atoms with van der Waals surface area (Å²) < 4.78 is 0. The molecule has 106 valence electrons. The minimum absolute atomic E-state index is 0.177. The molecule has 0 saturated heterocycles. The summed E-state index contributed by atoms with van der Waals surface area (Å²) in [5, 5.41) is 13.9. The zero-order valence-corrected chi connectivity index (χ0v) is 11.9. The molecule has 4 heteroatoms. The maximum absolute atomic E-state index is 12.3. The zero-order valence-electron chi connectivity index (χ0n) is 11.9. The van der Waals surface area contributed by atoms with Crippen molar-refractivity contribution in [1.82, 2.24) is 10.3 Å². The lowest BCUT2D eigenvalue weighted by molar-refractivity contribution is 0.0314. The van der Waals surface area contributed by atoms with Gasteiger partial charge in [0.15, 0.2) is 0 Å². The van der Waals surface area contributed by atoms with Crippen molar-refractivity contribution in [2.75, 3.05) is 6.54 Å². The Morgan fingerprint density at radius 2 is 1.95 bits per heavy atom. The average Bonchev–Trinajstić information content (AvgIpc) is 2.51. The second kappa shape index (κ2) is 6.01. The summed E-state index contributed by atoms with van der Waals surface area (Å²) in [7, 11) is 0. The summed E-state index contributed by atoms with van der Waals surface area (Å²) in [5.74, 6) is -0.177. The van der Waals surface area contributed by atoms with Gasteiger partial charge in [0.1, 0.15) is 0 Å². The van der Waals surface area contributed by atoms with Crippen molar-refractivity contribution in [3.05, 3.63) is 42.1 Å². The predicted molar refractivity (Wildman–Crippen MR) is 79.6 cm³/mol. The molecule has 1 aromatic carbocycles. The molecule has 0 aliphatic carbocycles. The van der Waals surface area contributed by atoms with Crippen LogP contribution in [-0.2, 0) is 0 Å². The molecule has 1 amide bonds. The Bertz CT molecular complexity index is 601. The Morgan fingerprint density at radius 3 is 2.65 bits per heavy atom. The van der Waals surface area contributed by atoms with Gasteiger partial charge in [-0.15, -0.1) is 0 Å². The third kappa shape index (κ3) is 2.96. The van der Waals surface area contributed by atoms with Crippen LogP contribution in [0.3, 0.4) is 0 Å². The van der Waals surface area contributed by atoms with E-state index in [0.29, 0.717) is 18.4 Å². The molecule has 4 nitrogen and oxygen atoms in total. The van der Waals surface area contributed by atoms with E-state index in [1.165, 1.54) is 0 Å². The number of aromatic nitrogens is 1. The van der Waals surface area contributed by atoms with Crippen LogP contribution in [0.1, 0.15) is 37.0 Å². The highest BCUT2D eigenvalue weighted by molar-refractivity contribution is 6.05. The molecular formula is C16H20N2O2. The number of aliphatic hydroxyl groups is 1. The number of nitrogens with one attached hydrogen (secondary N) is 1. The van der Waals surface area contributed by atoms with Crippen molar-refractivity contribution in [1.29, 1.82) is 0 Å². The molecular weight excluding hydrogens is 252 g/mol. The third-order valence-corrected chi connectivity index (χ3v) is 3.79. The Kier molecular flexibility index (Phi) is 4.35. The third-order valence-electron chi connectivity index (χ3n) is 3.79. The molecule has 0 bridgehead atoms. The maximum atomic E-state index is 12.3. The van der Waals surface area contributed by atoms with E-state index in [1.54, 1.807) is 12.3 Å². The molecule has 0 aliphatic rings. The van der Waals surface area contributed by atoms with E-state index < -0.39 is 5.60 Å². The molecule has 1 heterocycles. The van der Waals surface area contributed by atoms with Crippen LogP contribution in [0.15, 0.2) is 36.5 Å². The summed E-state index contributed by atoms with van der Waals surface area (Å²) >= 11 is 0. The van der Waals surface area contributed by atoms with E-state index >= 15 is 0 Å². The van der Waals surface area contributed by atoms with Gasteiger partial charge in [0.05, 0.1) is 16.7 Å². The van der Waals surface area contributed by atoms with Crippen LogP contribution in [0.4, 0.5) is 0 Å². The standard InChI is InChI=1S/C16H20N2O2/c1-3-16(20,4-2)11-18-15(19)13-9-10-17-14-8-6-5-7-12(13)14/h5-10,20H,3-4,11H2,1-2H3,(H,18,19). The van der Waals surface area contributed by atoms with Crippen LogP contribution < -0.4 is 5.32 Å². The molecule has 0 unspecified atom stereocenters. The minimum atomic E-state index is -0.835. The van der Waals surface area contributed by atoms with Gasteiger partial charge in [0, 0.05) is 18.1 Å². The Balaban J connectivity index is 2.20. The number of rotatable bonds is 5. The fourth-order valence-corrected chi connectivity index (χ4v) is 2.13. The van der Waals surface area contributed by atoms with Gasteiger partial charge in [-0.2, -0.15) is 0 Å². The molecule has 2 aromatic rings. The van der Waals surface area contributed by atoms with E-state index in [4.69, 9.17) is 0 Å². The van der Waals surface area contributed by atoms with Crippen molar-refractivity contribution in [2.24, 2.45) is 0 Å². The number of benzene rings is 1. The van der Waals surface area contributed by atoms with Gasteiger partial charge in [0.2, 0.25) is 0 Å². The van der Waals surface area contributed by atoms with Crippen molar-refractivity contribution in [2.45, 2.75) is 32.3 Å². The SMILES string of the molecule is CCC(O)(CC)CNC(=O)c1ccnc2ccccc12. The fourth-order valence-electron chi connectivity index (χ4n) is 2.13. The number of para-hydroxylation sites is 1. The minimum Gasteiger partial charge on any atom is -0.388 e. The first kappa shape index (κ1) is 14.5. The second-order valence-corrected chi connectivity index (χ2v) is 4.99. The van der Waals surface area contributed by atoms with E-state index in [9.17, 15) is 9.90 Å². The van der Waals surface area contributed by atoms with Crippen LogP contribution >= 0.6 is 0 Å². The average molecular weight is 272 g/mol. The second-order valence-electron chi connectivity index (χ2n) is 4.99. The first-order valence-corrected chi connectivity index (χ1v) is 6.94. The normalized spacial score (nSPS) is 11.6. The number of carbonyl (C=O) groups is 1. The number of carbonyl (C=O) groups excluding carboxylic acids is 1. The van der Waals surface area contributed by atoms with Crippen molar-refractivity contribution >= 4 is 16.8 Å². The first-order valence-electron chi connectivity index (χ1n) is 6.94. The molecule has 0 fully saturated rings. The Labute approximate surface area is 118 Å². The lowest BCUT2D eigenvalue weighted by atomic mass is 9.97. The highest BCUT2D eigenvalue weighted by atomic mass is 16.3. The number of pyridine rings is 1. The number of fused-ring (bicyclic) bond motifs is 1. The monoisotopic (exact) mass is 272 g/mol. The topological polar surface area (TPSA) is 62.2 Å². The largest absolute Gasteiger partial charge is 0.388 e. The fraction of sp³-hybridized carbons (Fsp3) is 0.375. The summed E-state index contributed by atoms with van der Waals surface area (Å²) in [4.78, 5) is 16.5. The number of hydrogen-bond donors (Lipinski definition) is 2. The van der Waals surface area contributed by atoms with Gasteiger partial charge >= 0.3 is 0 Å². The molecule has 1 aromatic heterocycles. The zero-order chi connectivity index (χ0) is 14.6. The van der Waals surface area contributed by atoms with E-state index in [2.05, 4.69) is 10.3 Å². The van der Waals surface area contributed by atoms with Crippen molar-refractivity contribution in [3.8, 4) is 0 Å². The van der Waals surface area contributed by atoms with Gasteiger partial charge in [-0.1, -0.05) is 32.0 Å². The molecule has 0 saturated carbocycles. The smallest absolute Gasteiger partial charge is 0.252 e. The van der Waals surface area contributed by atoms with Crippen LogP contribution in [0.2, 0.25) is 0 Å². The van der Waals surface area contributed by atoms with Crippen molar-refractivity contribution in [3.63, 3.8) is 0 Å². The Hall–Kier alpha value is -1.94. The van der Waals surface area contributed by atoms with Crippen LogP contribution in [0, 0.1) is 0 Å². The highest BCUT2D eigenvalue weighted by Crippen LogP contribution is 2.17. The number of hydrogen-bond acceptors (Lipinski definition) is 3. The lowest BCUT2D eigenvalue weighted by Gasteiger charge is -2.25. The Morgan fingerprint density at radius 1 is 1.25 bits per heavy atom. The molecule has 20 heavy (non-hydrogen) atoms. The maximum Gasteiger partial charge on any atom is 0.252 e. The first-order chi connectivity index (χ1) is 9.59. The molecule has 0 spiro atoms. The molecule has 2 N–H and O–H groups in total. The van der Waals surface area contributed by atoms with E-state index in [0.717, 1.165) is 10.9 Å². The van der Waals surface area contributed by atoms with Crippen LogP contribution in [-0.4, -0.2) is 28.1 Å². The quantitative estimate of drug-likeness (QED) is 0.879. The summed E-state index contributed by atoms with van der Waals surface area (Å²) in [5.41, 5.74) is 0.546. The number of amides is 1. The van der Waals surface area contributed by atoms with Gasteiger partial charge in [-0.3, -0.25) is 9.78 Å². The highest BCUT2D eigenvalue weighted by Gasteiger charge is 2.23. The van der Waals surface area contributed by atoms with Crippen LogP contribution in [0.25, 0.3) is 10.9 Å². The van der Waals surface area contributed by atoms with Gasteiger partial charge in [-0.05, 0) is 25.0 Å². The van der Waals surface area contributed by atoms with Crippen molar-refractivity contribution < 1.29 is 9.90 Å². The molecule has 2 rings (SSSR count). The summed E-state index contributed by atoms with van der Waals surface area (Å²) in [6.45, 7) is 4.09.